The van der Waals surface area contributed by atoms with Gasteiger partial charge in [-0.1, -0.05) is 36.9 Å². The smallest absolute Gasteiger partial charge is 0.361 e. The van der Waals surface area contributed by atoms with Crippen molar-refractivity contribution in [3.8, 4) is 11.5 Å². The number of ether oxygens (including phenoxy) is 8. The van der Waals surface area contributed by atoms with Crippen LogP contribution in [0.1, 0.15) is 43.7 Å². The van der Waals surface area contributed by atoms with E-state index in [1.807, 2.05) is 12.1 Å². The van der Waals surface area contributed by atoms with Gasteiger partial charge >= 0.3 is 29.8 Å². The van der Waals surface area contributed by atoms with Gasteiger partial charge in [0.25, 0.3) is 0 Å². The minimum Gasteiger partial charge on any atom is -0.486 e. The maximum Gasteiger partial charge on any atom is 0.361 e. The third-order valence-electron chi connectivity index (χ3n) is 6.87. The molecule has 1 aliphatic rings. The summed E-state index contributed by atoms with van der Waals surface area (Å²) in [5.41, 5.74) is 7.58. The first-order valence-corrected chi connectivity index (χ1v) is 15.0. The molecule has 0 aliphatic carbocycles. The van der Waals surface area contributed by atoms with E-state index in [0.29, 0.717) is 11.1 Å². The van der Waals surface area contributed by atoms with E-state index in [0.717, 1.165) is 26.2 Å². The molecule has 0 unspecified atom stereocenters. The van der Waals surface area contributed by atoms with Gasteiger partial charge < -0.3 is 43.6 Å². The number of carbonyl (C=O) groups excluding carboxylic acids is 5. The first-order chi connectivity index (χ1) is 23.4. The highest BCUT2D eigenvalue weighted by Crippen LogP contribution is 2.33. The fraction of sp³-hybridized carbons (Fsp3) is 0.353. The minimum atomic E-state index is -1.47. The van der Waals surface area contributed by atoms with Crippen LogP contribution in [-0.4, -0.2) is 78.8 Å². The first-order valence-electron chi connectivity index (χ1n) is 15.0. The third-order valence-corrected chi connectivity index (χ3v) is 6.87. The molecule has 2 aromatic carbocycles. The SMILES string of the molecule is C=CCOC(=O)c1nc2ccccc2cc1OCc1ccc(O[C@@H]2O[C@H](COC(C)=O)[C@@H](OC(C)=O)[C@H](OC(C)=O)[C@H]2OC(C)=O)c(N)c1. The number of carbonyl (C=O) groups is 5. The van der Waals surface area contributed by atoms with Crippen LogP contribution in [0.3, 0.4) is 0 Å². The highest BCUT2D eigenvalue weighted by molar-refractivity contribution is 5.94. The average Bonchev–Trinajstić information content (AvgIpc) is 3.04. The topological polar surface area (TPSA) is 198 Å². The number of nitrogen functional groups attached to an aromatic ring is 1. The molecule has 5 atom stereocenters. The lowest BCUT2D eigenvalue weighted by Crippen LogP contribution is -2.63. The van der Waals surface area contributed by atoms with Crippen molar-refractivity contribution in [1.29, 1.82) is 0 Å². The van der Waals surface area contributed by atoms with Crippen LogP contribution in [0.15, 0.2) is 61.2 Å². The van der Waals surface area contributed by atoms with Crippen LogP contribution in [-0.2, 0) is 54.2 Å². The molecule has 1 aromatic heterocycles. The molecule has 15 nitrogen and oxygen atoms in total. The van der Waals surface area contributed by atoms with Crippen molar-refractivity contribution >= 4 is 46.4 Å². The van der Waals surface area contributed by atoms with Crippen molar-refractivity contribution in [3.05, 3.63) is 72.4 Å². The molecule has 260 valence electrons. The minimum absolute atomic E-state index is 0.00959. The van der Waals surface area contributed by atoms with Crippen molar-refractivity contribution in [3.63, 3.8) is 0 Å². The Morgan fingerprint density at radius 3 is 2.16 bits per heavy atom. The van der Waals surface area contributed by atoms with Gasteiger partial charge in [0.15, 0.2) is 23.7 Å². The number of nitrogens with two attached hydrogens (primary N) is 1. The Kier molecular flexibility index (Phi) is 12.1. The molecule has 0 saturated carbocycles. The molecule has 1 fully saturated rings. The maximum atomic E-state index is 12.7. The summed E-state index contributed by atoms with van der Waals surface area (Å²) in [4.78, 5) is 65.0. The van der Waals surface area contributed by atoms with Crippen molar-refractivity contribution in [1.82, 2.24) is 4.98 Å². The summed E-state index contributed by atoms with van der Waals surface area (Å²) in [5.74, 6) is -3.41. The van der Waals surface area contributed by atoms with Gasteiger partial charge in [-0.25, -0.2) is 9.78 Å². The zero-order valence-electron chi connectivity index (χ0n) is 27.2. The van der Waals surface area contributed by atoms with Crippen molar-refractivity contribution in [2.45, 2.75) is 65.0 Å². The van der Waals surface area contributed by atoms with Crippen LogP contribution in [0.4, 0.5) is 5.69 Å². The number of anilines is 1. The van der Waals surface area contributed by atoms with Crippen LogP contribution in [0.2, 0.25) is 0 Å². The third kappa shape index (κ3) is 9.67. The number of rotatable bonds is 13. The summed E-state index contributed by atoms with van der Waals surface area (Å²) in [5, 5.41) is 0.742. The van der Waals surface area contributed by atoms with Crippen LogP contribution in [0, 0.1) is 0 Å². The van der Waals surface area contributed by atoms with Gasteiger partial charge in [-0.05, 0) is 29.8 Å². The van der Waals surface area contributed by atoms with Gasteiger partial charge in [-0.3, -0.25) is 19.2 Å². The van der Waals surface area contributed by atoms with Crippen molar-refractivity contribution in [2.24, 2.45) is 0 Å². The lowest BCUT2D eigenvalue weighted by atomic mass is 9.98. The van der Waals surface area contributed by atoms with Crippen LogP contribution in [0.5, 0.6) is 11.5 Å². The Balaban J connectivity index is 1.59. The predicted molar refractivity (Wildman–Crippen MR) is 170 cm³/mol. The van der Waals surface area contributed by atoms with Gasteiger partial charge in [-0.15, -0.1) is 0 Å². The van der Waals surface area contributed by atoms with E-state index in [9.17, 15) is 24.0 Å². The largest absolute Gasteiger partial charge is 0.486 e. The van der Waals surface area contributed by atoms with Crippen LogP contribution < -0.4 is 15.2 Å². The van der Waals surface area contributed by atoms with E-state index in [-0.39, 0.29) is 36.1 Å². The number of pyridine rings is 1. The average molecular weight is 681 g/mol. The molecule has 3 aromatic rings. The molecular formula is C34H36N2O13. The summed E-state index contributed by atoms with van der Waals surface area (Å²) in [6.45, 7) is 7.61. The monoisotopic (exact) mass is 680 g/mol. The second kappa shape index (κ2) is 16.4. The van der Waals surface area contributed by atoms with E-state index >= 15 is 0 Å². The second-order valence-electron chi connectivity index (χ2n) is 10.8. The Morgan fingerprint density at radius 1 is 0.837 bits per heavy atom. The number of nitrogens with zero attached hydrogens (tertiary/aromatic N) is 1. The number of hydrogen-bond acceptors (Lipinski definition) is 15. The lowest BCUT2D eigenvalue weighted by molar-refractivity contribution is -0.288. The summed E-state index contributed by atoms with van der Waals surface area (Å²) >= 11 is 0. The van der Waals surface area contributed by atoms with Crippen LogP contribution >= 0.6 is 0 Å². The molecule has 2 heterocycles. The van der Waals surface area contributed by atoms with Gasteiger partial charge in [0.1, 0.15) is 31.7 Å². The summed E-state index contributed by atoms with van der Waals surface area (Å²) in [6, 6.07) is 13.6. The Labute approximate surface area is 281 Å². The number of benzene rings is 2. The lowest BCUT2D eigenvalue weighted by Gasteiger charge is -2.44. The Bertz CT molecular complexity index is 1730. The Hall–Kier alpha value is -5.70. The number of aromatic nitrogens is 1. The number of fused-ring (bicyclic) bond motifs is 1. The number of para-hydroxylation sites is 1. The first kappa shape index (κ1) is 36.1. The summed E-state index contributed by atoms with van der Waals surface area (Å²) in [6.07, 6.45) is -5.44. The van der Waals surface area contributed by atoms with Gasteiger partial charge in [0.2, 0.25) is 12.4 Å². The fourth-order valence-electron chi connectivity index (χ4n) is 4.92. The van der Waals surface area contributed by atoms with Crippen molar-refractivity contribution in [2.75, 3.05) is 18.9 Å². The molecule has 15 heteroatoms. The summed E-state index contributed by atoms with van der Waals surface area (Å²) in [7, 11) is 0. The zero-order valence-corrected chi connectivity index (χ0v) is 27.2. The molecule has 1 saturated heterocycles. The van der Waals surface area contributed by atoms with E-state index in [1.165, 1.54) is 19.1 Å². The highest BCUT2D eigenvalue weighted by atomic mass is 16.7. The zero-order chi connectivity index (χ0) is 35.7. The standard InChI is InChI=1S/C34H36N2O13/c1-6-13-42-33(41)29-27(15-23-9-7-8-10-25(23)36-29)44-16-22-11-12-26(24(35)14-22)48-34-32(47-21(5)40)31(46-20(4)39)30(45-19(3)38)28(49-34)17-43-18(2)37/h6-12,14-15,28,30-32,34H,1,13,16-17,35H2,2-5H3/t28-,30-,31+,32-,34-/m1/s1. The molecule has 2 N–H and O–H groups in total. The van der Waals surface area contributed by atoms with Crippen LogP contribution in [0.25, 0.3) is 10.9 Å². The molecule has 1 aliphatic heterocycles. The van der Waals surface area contributed by atoms with E-state index in [1.54, 1.807) is 30.3 Å². The maximum absolute atomic E-state index is 12.7. The fourth-order valence-corrected chi connectivity index (χ4v) is 4.92. The molecule has 0 radical (unpaired) electrons. The van der Waals surface area contributed by atoms with E-state index < -0.39 is 67.2 Å². The second-order valence-corrected chi connectivity index (χ2v) is 10.8. The summed E-state index contributed by atoms with van der Waals surface area (Å²) < 4.78 is 44.6. The van der Waals surface area contributed by atoms with E-state index in [4.69, 9.17) is 43.6 Å². The van der Waals surface area contributed by atoms with Gasteiger partial charge in [0, 0.05) is 33.1 Å². The molecule has 49 heavy (non-hydrogen) atoms. The number of esters is 5. The highest BCUT2D eigenvalue weighted by Gasteiger charge is 2.53. The normalized spacial score (nSPS) is 20.0. The Morgan fingerprint density at radius 2 is 1.51 bits per heavy atom. The number of hydrogen-bond donors (Lipinski definition) is 1. The molecule has 0 bridgehead atoms. The predicted octanol–water partition coefficient (Wildman–Crippen LogP) is 3.20. The van der Waals surface area contributed by atoms with Gasteiger partial charge in [-0.2, -0.15) is 0 Å². The van der Waals surface area contributed by atoms with Crippen molar-refractivity contribution < 1.29 is 61.9 Å². The van der Waals surface area contributed by atoms with E-state index in [2.05, 4.69) is 11.6 Å². The van der Waals surface area contributed by atoms with Gasteiger partial charge in [0.05, 0.1) is 11.2 Å². The molecular weight excluding hydrogens is 644 g/mol. The molecule has 4 rings (SSSR count). The molecule has 0 spiro atoms. The molecule has 0 amide bonds. The quantitative estimate of drug-likeness (QED) is 0.119.